The number of Topliss-reactive ketones (excluding diaryl/α,β-unsaturated/α-hetero) is 1. The van der Waals surface area contributed by atoms with Crippen LogP contribution in [0.15, 0.2) is 30.5 Å². The highest BCUT2D eigenvalue weighted by Crippen LogP contribution is 2.37. The summed E-state index contributed by atoms with van der Waals surface area (Å²) in [7, 11) is 0. The van der Waals surface area contributed by atoms with Crippen molar-refractivity contribution in [2.75, 3.05) is 0 Å². The molecule has 0 fully saturated rings. The second-order valence-corrected chi connectivity index (χ2v) is 7.74. The number of carbonyl (C=O) groups excluding carboxylic acids is 1. The largest absolute Gasteiger partial charge is 0.319 e. The maximum absolute atomic E-state index is 12.2. The number of carbonyl (C=O) groups is 1. The van der Waals surface area contributed by atoms with Crippen LogP contribution in [0.25, 0.3) is 5.69 Å². The zero-order valence-corrected chi connectivity index (χ0v) is 14.3. The third kappa shape index (κ3) is 2.42. The molecule has 1 aromatic carbocycles. The van der Waals surface area contributed by atoms with E-state index in [0.717, 1.165) is 26.9 Å². The molecule has 0 saturated carbocycles. The predicted molar refractivity (Wildman–Crippen MR) is 89.9 cm³/mol. The van der Waals surface area contributed by atoms with Gasteiger partial charge in [-0.05, 0) is 58.7 Å². The smallest absolute Gasteiger partial charge is 0.165 e. The Kier molecular flexibility index (Phi) is 3.45. The summed E-state index contributed by atoms with van der Waals surface area (Å²) >= 11 is 8.60. The fraction of sp³-hybridized carbons (Fsp3) is 0.312. The fourth-order valence-electron chi connectivity index (χ4n) is 2.85. The van der Waals surface area contributed by atoms with Crippen LogP contribution >= 0.6 is 34.2 Å². The van der Waals surface area contributed by atoms with E-state index in [4.69, 9.17) is 11.6 Å². The zero-order valence-electron chi connectivity index (χ0n) is 11.4. The number of benzene rings is 1. The Balaban J connectivity index is 2.16. The Morgan fingerprint density at radius 1 is 1.25 bits per heavy atom. The quantitative estimate of drug-likeness (QED) is 0.626. The van der Waals surface area contributed by atoms with Crippen molar-refractivity contribution < 1.29 is 4.79 Å². The van der Waals surface area contributed by atoms with E-state index in [-0.39, 0.29) is 11.2 Å². The molecule has 0 aliphatic heterocycles. The van der Waals surface area contributed by atoms with Crippen LogP contribution in [0.3, 0.4) is 0 Å². The first-order valence-corrected chi connectivity index (χ1v) is 8.02. The minimum absolute atomic E-state index is 0.00979. The SMILES string of the molecule is CC1(C)CC(=O)c2ccn(-c3ccc(I)cc3Cl)c2C1. The molecule has 4 heteroatoms. The first-order chi connectivity index (χ1) is 9.37. The molecule has 0 spiro atoms. The molecular formula is C16H15ClINO. The summed E-state index contributed by atoms with van der Waals surface area (Å²) in [4.78, 5) is 12.2. The van der Waals surface area contributed by atoms with E-state index in [9.17, 15) is 4.79 Å². The zero-order chi connectivity index (χ0) is 14.5. The van der Waals surface area contributed by atoms with Crippen LogP contribution in [-0.4, -0.2) is 10.4 Å². The monoisotopic (exact) mass is 399 g/mol. The molecule has 0 saturated heterocycles. The first kappa shape index (κ1) is 14.1. The summed E-state index contributed by atoms with van der Waals surface area (Å²) in [5.41, 5.74) is 2.88. The van der Waals surface area contributed by atoms with Crippen molar-refractivity contribution in [3.8, 4) is 5.69 Å². The molecule has 2 aromatic rings. The van der Waals surface area contributed by atoms with Gasteiger partial charge in [0, 0.05) is 27.4 Å². The Bertz CT molecular complexity index is 702. The third-order valence-electron chi connectivity index (χ3n) is 3.75. The van der Waals surface area contributed by atoms with E-state index in [2.05, 4.69) is 41.0 Å². The summed E-state index contributed by atoms with van der Waals surface area (Å²) in [5, 5.41) is 0.714. The van der Waals surface area contributed by atoms with Crippen LogP contribution in [0.4, 0.5) is 0 Å². The molecule has 1 aromatic heterocycles. The Morgan fingerprint density at radius 3 is 2.70 bits per heavy atom. The fourth-order valence-corrected chi connectivity index (χ4v) is 3.79. The lowest BCUT2D eigenvalue weighted by molar-refractivity contribution is 0.0911. The van der Waals surface area contributed by atoms with Gasteiger partial charge in [-0.2, -0.15) is 0 Å². The van der Waals surface area contributed by atoms with Gasteiger partial charge < -0.3 is 4.57 Å². The van der Waals surface area contributed by atoms with Crippen LogP contribution in [-0.2, 0) is 6.42 Å². The topological polar surface area (TPSA) is 22.0 Å². The van der Waals surface area contributed by atoms with E-state index >= 15 is 0 Å². The molecule has 0 N–H and O–H groups in total. The molecule has 1 heterocycles. The minimum atomic E-state index is 0.00979. The summed E-state index contributed by atoms with van der Waals surface area (Å²) in [6, 6.07) is 7.90. The van der Waals surface area contributed by atoms with Crippen molar-refractivity contribution in [2.24, 2.45) is 5.41 Å². The molecule has 2 nitrogen and oxygen atoms in total. The average molecular weight is 400 g/mol. The lowest BCUT2D eigenvalue weighted by Crippen LogP contribution is -2.27. The number of nitrogens with zero attached hydrogens (tertiary/aromatic N) is 1. The lowest BCUT2D eigenvalue weighted by Gasteiger charge is -2.29. The number of fused-ring (bicyclic) bond motifs is 1. The van der Waals surface area contributed by atoms with Crippen LogP contribution in [0.2, 0.25) is 5.02 Å². The van der Waals surface area contributed by atoms with Gasteiger partial charge in [-0.25, -0.2) is 0 Å². The maximum atomic E-state index is 12.2. The van der Waals surface area contributed by atoms with Gasteiger partial charge in [0.2, 0.25) is 0 Å². The number of hydrogen-bond acceptors (Lipinski definition) is 1. The number of hydrogen-bond donors (Lipinski definition) is 0. The Morgan fingerprint density at radius 2 is 2.00 bits per heavy atom. The minimum Gasteiger partial charge on any atom is -0.319 e. The first-order valence-electron chi connectivity index (χ1n) is 6.56. The van der Waals surface area contributed by atoms with Crippen molar-refractivity contribution in [3.63, 3.8) is 0 Å². The summed E-state index contributed by atoms with van der Waals surface area (Å²) < 4.78 is 3.17. The Labute approximate surface area is 137 Å². The van der Waals surface area contributed by atoms with Crippen LogP contribution in [0.1, 0.15) is 36.3 Å². The molecule has 0 unspecified atom stereocenters. The number of ketones is 1. The second kappa shape index (κ2) is 4.88. The molecule has 3 rings (SSSR count). The molecule has 20 heavy (non-hydrogen) atoms. The Hall–Kier alpha value is -0.810. The standard InChI is InChI=1S/C16H15ClINO/c1-16(2)8-14-11(15(20)9-16)5-6-19(14)13-4-3-10(18)7-12(13)17/h3-7H,8-9H2,1-2H3. The van der Waals surface area contributed by atoms with Gasteiger partial charge in [-0.1, -0.05) is 25.4 Å². The van der Waals surface area contributed by atoms with Gasteiger partial charge in [-0.3, -0.25) is 4.79 Å². The number of halogens is 2. The molecule has 104 valence electrons. The van der Waals surface area contributed by atoms with Gasteiger partial charge in [0.1, 0.15) is 0 Å². The van der Waals surface area contributed by atoms with Crippen molar-refractivity contribution >= 4 is 40.0 Å². The molecule has 1 aliphatic carbocycles. The number of aromatic nitrogens is 1. The molecular weight excluding hydrogens is 385 g/mol. The molecule has 0 atom stereocenters. The third-order valence-corrected chi connectivity index (χ3v) is 4.72. The van der Waals surface area contributed by atoms with Gasteiger partial charge in [0.25, 0.3) is 0 Å². The van der Waals surface area contributed by atoms with Crippen molar-refractivity contribution in [3.05, 3.63) is 50.3 Å². The molecule has 0 amide bonds. The van der Waals surface area contributed by atoms with Crippen molar-refractivity contribution in [1.29, 1.82) is 0 Å². The van der Waals surface area contributed by atoms with Crippen molar-refractivity contribution in [1.82, 2.24) is 4.57 Å². The lowest BCUT2D eigenvalue weighted by atomic mass is 9.76. The highest BCUT2D eigenvalue weighted by atomic mass is 127. The van der Waals surface area contributed by atoms with E-state index in [0.29, 0.717) is 11.4 Å². The maximum Gasteiger partial charge on any atom is 0.165 e. The van der Waals surface area contributed by atoms with Crippen LogP contribution < -0.4 is 0 Å². The molecule has 0 radical (unpaired) electrons. The molecule has 1 aliphatic rings. The van der Waals surface area contributed by atoms with Gasteiger partial charge in [-0.15, -0.1) is 0 Å². The highest BCUT2D eigenvalue weighted by molar-refractivity contribution is 14.1. The number of rotatable bonds is 1. The van der Waals surface area contributed by atoms with Crippen LogP contribution in [0.5, 0.6) is 0 Å². The summed E-state index contributed by atoms with van der Waals surface area (Å²) in [5.74, 6) is 0.233. The second-order valence-electron chi connectivity index (χ2n) is 6.08. The predicted octanol–water partition coefficient (Wildman–Crippen LogP) is 4.89. The van der Waals surface area contributed by atoms with Gasteiger partial charge in [0.05, 0.1) is 10.7 Å². The normalized spacial score (nSPS) is 17.1. The van der Waals surface area contributed by atoms with E-state index in [1.165, 1.54) is 0 Å². The highest BCUT2D eigenvalue weighted by Gasteiger charge is 2.33. The van der Waals surface area contributed by atoms with E-state index < -0.39 is 0 Å². The van der Waals surface area contributed by atoms with Crippen molar-refractivity contribution in [2.45, 2.75) is 26.7 Å². The summed E-state index contributed by atoms with van der Waals surface area (Å²) in [6.45, 7) is 4.28. The van der Waals surface area contributed by atoms with Gasteiger partial charge >= 0.3 is 0 Å². The van der Waals surface area contributed by atoms with Crippen LogP contribution in [0, 0.1) is 8.99 Å². The van der Waals surface area contributed by atoms with E-state index in [1.54, 1.807) is 0 Å². The average Bonchev–Trinajstić information content (AvgIpc) is 2.71. The summed E-state index contributed by atoms with van der Waals surface area (Å²) in [6.07, 6.45) is 3.46. The molecule has 0 bridgehead atoms. The van der Waals surface area contributed by atoms with E-state index in [1.807, 2.05) is 30.5 Å². The van der Waals surface area contributed by atoms with Gasteiger partial charge in [0.15, 0.2) is 5.78 Å².